The summed E-state index contributed by atoms with van der Waals surface area (Å²) in [6.07, 6.45) is -6.52. The Morgan fingerprint density at radius 2 is 1.00 bits per heavy atom. The molecule has 0 aromatic heterocycles. The van der Waals surface area contributed by atoms with Crippen LogP contribution in [0, 0.1) is 0 Å². The summed E-state index contributed by atoms with van der Waals surface area (Å²) < 4.78 is 0. The molecule has 4 atom stereocenters. The Hall–Kier alpha value is -0.820. The van der Waals surface area contributed by atoms with E-state index in [-0.39, 0.29) is 0 Å². The van der Waals surface area contributed by atoms with E-state index in [2.05, 4.69) is 0 Å². The van der Waals surface area contributed by atoms with Gasteiger partial charge in [-0.2, -0.15) is 0 Å². The first-order valence-electron chi connectivity index (χ1n) is 4.09. The lowest BCUT2D eigenvalue weighted by molar-refractivity contribution is -0.151. The highest BCUT2D eigenvalue weighted by Gasteiger charge is 2.33. The van der Waals surface area contributed by atoms with Gasteiger partial charge in [-0.25, -0.2) is 0 Å². The maximum atomic E-state index is 11.0. The fourth-order valence-corrected chi connectivity index (χ4v) is 0.730. The molecule has 0 amide bonds. The molecule has 0 aliphatic rings. The minimum Gasteiger partial charge on any atom is -0.390 e. The van der Waals surface area contributed by atoms with Crippen LogP contribution >= 0.6 is 0 Å². The monoisotopic (exact) mass is 206 g/mol. The smallest absolute Gasteiger partial charge is 0.232 e. The van der Waals surface area contributed by atoms with Crippen LogP contribution in [0.3, 0.4) is 0 Å². The van der Waals surface area contributed by atoms with Crippen LogP contribution in [0.1, 0.15) is 13.8 Å². The minimum atomic E-state index is -1.86. The van der Waals surface area contributed by atoms with Crippen molar-refractivity contribution in [1.29, 1.82) is 0 Å². The van der Waals surface area contributed by atoms with Crippen LogP contribution in [0.2, 0.25) is 0 Å². The van der Waals surface area contributed by atoms with E-state index in [4.69, 9.17) is 20.4 Å². The van der Waals surface area contributed by atoms with Gasteiger partial charge in [0.1, 0.15) is 12.2 Å². The first-order chi connectivity index (χ1) is 6.29. The summed E-state index contributed by atoms with van der Waals surface area (Å²) in [7, 11) is 0. The second-order valence-corrected chi connectivity index (χ2v) is 3.10. The number of aliphatic hydroxyl groups excluding tert-OH is 4. The molecule has 0 saturated carbocycles. The predicted molar refractivity (Wildman–Crippen MR) is 45.4 cm³/mol. The van der Waals surface area contributed by atoms with E-state index in [1.54, 1.807) is 0 Å². The van der Waals surface area contributed by atoms with Crippen LogP contribution in [0.4, 0.5) is 0 Å². The van der Waals surface area contributed by atoms with E-state index in [1.165, 1.54) is 0 Å². The summed E-state index contributed by atoms with van der Waals surface area (Å²) in [5.41, 5.74) is 0. The van der Waals surface area contributed by atoms with Crippen molar-refractivity contribution < 1.29 is 30.0 Å². The number of ketones is 2. The fourth-order valence-electron chi connectivity index (χ4n) is 0.730. The van der Waals surface area contributed by atoms with E-state index in [0.29, 0.717) is 0 Å². The molecule has 0 bridgehead atoms. The molecule has 0 aromatic carbocycles. The van der Waals surface area contributed by atoms with Gasteiger partial charge in [0, 0.05) is 0 Å². The van der Waals surface area contributed by atoms with Gasteiger partial charge in [0.05, 0.1) is 12.2 Å². The fraction of sp³-hybridized carbons (Fsp3) is 0.750. The van der Waals surface area contributed by atoms with Crippen molar-refractivity contribution in [2.75, 3.05) is 0 Å². The molecule has 0 aliphatic carbocycles. The summed E-state index contributed by atoms with van der Waals surface area (Å²) >= 11 is 0. The standard InChI is InChI=1S/C8H14O6/c1-3(9)5(11)7(13)8(14)6(12)4(2)10/h3-6,9-12H,1-2H3/t3?,4?,5-,6+. The Labute approximate surface area is 80.8 Å². The number of Topliss-reactive ketones (excluding diaryl/α,β-unsaturated/α-hetero) is 2. The van der Waals surface area contributed by atoms with Crippen molar-refractivity contribution >= 4 is 11.6 Å². The largest absolute Gasteiger partial charge is 0.390 e. The van der Waals surface area contributed by atoms with Gasteiger partial charge in [0.25, 0.3) is 0 Å². The van der Waals surface area contributed by atoms with Crippen LogP contribution in [-0.4, -0.2) is 56.4 Å². The third-order valence-corrected chi connectivity index (χ3v) is 1.69. The number of carbonyl (C=O) groups is 2. The minimum absolute atomic E-state index is 1.13. The lowest BCUT2D eigenvalue weighted by Gasteiger charge is -2.15. The van der Waals surface area contributed by atoms with Gasteiger partial charge >= 0.3 is 0 Å². The predicted octanol–water partition coefficient (Wildman–Crippen LogP) is -2.39. The summed E-state index contributed by atoms with van der Waals surface area (Å²) in [4.78, 5) is 22.0. The van der Waals surface area contributed by atoms with Crippen LogP contribution < -0.4 is 0 Å². The van der Waals surface area contributed by atoms with Crippen molar-refractivity contribution in [3.63, 3.8) is 0 Å². The maximum absolute atomic E-state index is 11.0. The number of hydrogen-bond acceptors (Lipinski definition) is 6. The molecule has 0 radical (unpaired) electrons. The Balaban J connectivity index is 4.48. The van der Waals surface area contributed by atoms with Gasteiger partial charge < -0.3 is 20.4 Å². The molecule has 0 heterocycles. The van der Waals surface area contributed by atoms with Gasteiger partial charge in [0.15, 0.2) is 0 Å². The third kappa shape index (κ3) is 3.15. The van der Waals surface area contributed by atoms with Crippen LogP contribution in [0.25, 0.3) is 0 Å². The Morgan fingerprint density at radius 3 is 1.14 bits per heavy atom. The second-order valence-electron chi connectivity index (χ2n) is 3.10. The molecule has 0 saturated heterocycles. The van der Waals surface area contributed by atoms with Crippen molar-refractivity contribution in [1.82, 2.24) is 0 Å². The second kappa shape index (κ2) is 5.16. The molecule has 0 rings (SSSR count). The third-order valence-electron chi connectivity index (χ3n) is 1.69. The molecular weight excluding hydrogens is 192 g/mol. The van der Waals surface area contributed by atoms with E-state index in [9.17, 15) is 9.59 Å². The number of aliphatic hydroxyl groups is 4. The Bertz CT molecular complexity index is 198. The Kier molecular flexibility index (Phi) is 4.86. The summed E-state index contributed by atoms with van der Waals surface area (Å²) in [5, 5.41) is 35.6. The zero-order valence-electron chi connectivity index (χ0n) is 7.91. The summed E-state index contributed by atoms with van der Waals surface area (Å²) in [6, 6.07) is 0. The average molecular weight is 206 g/mol. The highest BCUT2D eigenvalue weighted by atomic mass is 16.3. The molecule has 0 fully saturated rings. The topological polar surface area (TPSA) is 115 Å². The molecule has 2 unspecified atom stereocenters. The molecule has 4 N–H and O–H groups in total. The van der Waals surface area contributed by atoms with E-state index >= 15 is 0 Å². The quantitative estimate of drug-likeness (QED) is 0.373. The van der Waals surface area contributed by atoms with Crippen LogP contribution in [-0.2, 0) is 9.59 Å². The van der Waals surface area contributed by atoms with E-state index in [0.717, 1.165) is 13.8 Å². The van der Waals surface area contributed by atoms with E-state index in [1.807, 2.05) is 0 Å². The zero-order valence-corrected chi connectivity index (χ0v) is 7.91. The normalized spacial score (nSPS) is 19.6. The average Bonchev–Trinajstić information content (AvgIpc) is 2.12. The number of carbonyl (C=O) groups excluding carboxylic acids is 2. The van der Waals surface area contributed by atoms with E-state index < -0.39 is 36.0 Å². The zero-order chi connectivity index (χ0) is 11.5. The summed E-state index contributed by atoms with van der Waals surface area (Å²) in [6.45, 7) is 2.26. The molecule has 82 valence electrons. The number of hydrogen-bond donors (Lipinski definition) is 4. The molecule has 0 spiro atoms. The highest BCUT2D eigenvalue weighted by molar-refractivity contribution is 6.40. The first kappa shape index (κ1) is 13.2. The SMILES string of the molecule is CC(O)[C@H](O)C(=O)C(=O)[C@H](O)C(C)O. The molecule has 6 heteroatoms. The van der Waals surface area contributed by atoms with Gasteiger partial charge in [-0.3, -0.25) is 9.59 Å². The van der Waals surface area contributed by atoms with Crippen molar-refractivity contribution in [2.24, 2.45) is 0 Å². The van der Waals surface area contributed by atoms with Gasteiger partial charge in [-0.1, -0.05) is 0 Å². The van der Waals surface area contributed by atoms with Crippen LogP contribution in [0.5, 0.6) is 0 Å². The lowest BCUT2D eigenvalue weighted by atomic mass is 10.0. The van der Waals surface area contributed by atoms with Crippen LogP contribution in [0.15, 0.2) is 0 Å². The summed E-state index contributed by atoms with van der Waals surface area (Å²) in [5.74, 6) is -2.62. The molecule has 0 aliphatic heterocycles. The van der Waals surface area contributed by atoms with Gasteiger partial charge in [-0.05, 0) is 13.8 Å². The molecular formula is C8H14O6. The highest BCUT2D eigenvalue weighted by Crippen LogP contribution is 2.01. The van der Waals surface area contributed by atoms with Crippen molar-refractivity contribution in [3.8, 4) is 0 Å². The van der Waals surface area contributed by atoms with Crippen molar-refractivity contribution in [3.05, 3.63) is 0 Å². The van der Waals surface area contributed by atoms with Gasteiger partial charge in [0.2, 0.25) is 11.6 Å². The molecule has 6 nitrogen and oxygen atoms in total. The van der Waals surface area contributed by atoms with Crippen molar-refractivity contribution in [2.45, 2.75) is 38.3 Å². The Morgan fingerprint density at radius 1 is 0.786 bits per heavy atom. The maximum Gasteiger partial charge on any atom is 0.232 e. The molecule has 14 heavy (non-hydrogen) atoms. The lowest BCUT2D eigenvalue weighted by Crippen LogP contribution is -2.44. The number of rotatable bonds is 5. The van der Waals surface area contributed by atoms with Gasteiger partial charge in [-0.15, -0.1) is 0 Å². The first-order valence-corrected chi connectivity index (χ1v) is 4.09. The molecule has 0 aromatic rings.